The van der Waals surface area contributed by atoms with Gasteiger partial charge in [0.25, 0.3) is 5.91 Å². The number of carbonyl (C=O) groups is 2. The smallest absolute Gasteiger partial charge is 0.409 e. The highest BCUT2D eigenvalue weighted by atomic mass is 16.4. The number of rotatable bonds is 6. The first-order chi connectivity index (χ1) is 15.2. The van der Waals surface area contributed by atoms with Gasteiger partial charge in [0, 0.05) is 18.7 Å². The monoisotopic (exact) mass is 437 g/mol. The van der Waals surface area contributed by atoms with E-state index in [0.29, 0.717) is 23.5 Å². The summed E-state index contributed by atoms with van der Waals surface area (Å²) in [6.07, 6.45) is 4.04. The highest BCUT2D eigenvalue weighted by molar-refractivity contribution is 6.06. The van der Waals surface area contributed by atoms with Gasteiger partial charge in [-0.1, -0.05) is 35.9 Å². The average molecular weight is 438 g/mol. The Morgan fingerprint density at radius 1 is 1.00 bits per heavy atom. The maximum absolute atomic E-state index is 12.6. The third kappa shape index (κ3) is 7.21. The summed E-state index contributed by atoms with van der Waals surface area (Å²) in [7, 11) is 0. The molecule has 0 radical (unpaired) electrons. The van der Waals surface area contributed by atoms with Crippen LogP contribution in [-0.2, 0) is 0 Å². The van der Waals surface area contributed by atoms with E-state index in [1.165, 1.54) is 5.57 Å². The lowest BCUT2D eigenvalue weighted by atomic mass is 10.0. The zero-order valence-electron chi connectivity index (χ0n) is 18.6. The fourth-order valence-corrected chi connectivity index (χ4v) is 3.90. The molecule has 0 bridgehead atoms. The number of anilines is 2. The van der Waals surface area contributed by atoms with Crippen LogP contribution in [0.25, 0.3) is 6.08 Å². The molecule has 0 atom stereocenters. The number of nitrogens with one attached hydrogen (secondary N) is 2. The van der Waals surface area contributed by atoms with Gasteiger partial charge in [-0.05, 0) is 69.5 Å². The van der Waals surface area contributed by atoms with Crippen LogP contribution in [0.3, 0.4) is 0 Å². The van der Waals surface area contributed by atoms with Gasteiger partial charge in [0.15, 0.2) is 0 Å². The molecular weight excluding hydrogens is 406 g/mol. The molecule has 32 heavy (non-hydrogen) atoms. The minimum absolute atomic E-state index is 0.305. The standard InChI is InChI=1S/C25H31N3O4/c1-25(2,32)17-28-14-5-6-18(13-15-28)16-19-9-11-20(12-10-19)23(29)26-21-7-3-4-8-22(21)27-24(30)31/h3-4,7-12,16,27,32H,5-6,13-15,17H2,1-2H3,(H,26,29)(H,30,31)/b18-16+. The molecule has 7 heteroatoms. The fraction of sp³-hybridized carbons (Fsp3) is 0.360. The second-order valence-corrected chi connectivity index (χ2v) is 8.80. The van der Waals surface area contributed by atoms with E-state index in [-0.39, 0.29) is 5.91 Å². The first-order valence-corrected chi connectivity index (χ1v) is 10.8. The van der Waals surface area contributed by atoms with E-state index in [2.05, 4.69) is 21.6 Å². The number of hydrogen-bond donors (Lipinski definition) is 4. The first-order valence-electron chi connectivity index (χ1n) is 10.8. The Morgan fingerprint density at radius 3 is 2.28 bits per heavy atom. The molecule has 1 aliphatic heterocycles. The molecule has 0 saturated carbocycles. The van der Waals surface area contributed by atoms with Gasteiger partial charge in [0.05, 0.1) is 17.0 Å². The Morgan fingerprint density at radius 2 is 1.66 bits per heavy atom. The van der Waals surface area contributed by atoms with Crippen molar-refractivity contribution in [3.05, 3.63) is 65.2 Å². The van der Waals surface area contributed by atoms with Crippen LogP contribution in [-0.4, -0.2) is 52.3 Å². The number of para-hydroxylation sites is 2. The van der Waals surface area contributed by atoms with E-state index in [1.54, 1.807) is 36.4 Å². The maximum atomic E-state index is 12.6. The highest BCUT2D eigenvalue weighted by Crippen LogP contribution is 2.23. The zero-order chi connectivity index (χ0) is 23.1. The van der Waals surface area contributed by atoms with Crippen LogP contribution in [0.15, 0.2) is 54.1 Å². The van der Waals surface area contributed by atoms with Crippen molar-refractivity contribution in [2.45, 2.75) is 38.7 Å². The molecule has 170 valence electrons. The van der Waals surface area contributed by atoms with Gasteiger partial charge in [-0.2, -0.15) is 0 Å². The Hall–Kier alpha value is -3.16. The Labute approximate surface area is 188 Å². The summed E-state index contributed by atoms with van der Waals surface area (Å²) in [5.74, 6) is -0.305. The van der Waals surface area contributed by atoms with Crippen LogP contribution in [0.2, 0.25) is 0 Å². The van der Waals surface area contributed by atoms with Crippen molar-refractivity contribution in [1.29, 1.82) is 0 Å². The van der Waals surface area contributed by atoms with Crippen LogP contribution >= 0.6 is 0 Å². The van der Waals surface area contributed by atoms with Gasteiger partial charge in [-0.15, -0.1) is 0 Å². The van der Waals surface area contributed by atoms with Gasteiger partial charge < -0.3 is 20.4 Å². The molecule has 0 spiro atoms. The third-order valence-corrected chi connectivity index (χ3v) is 5.29. The zero-order valence-corrected chi connectivity index (χ0v) is 18.6. The Kier molecular flexibility index (Phi) is 7.66. The van der Waals surface area contributed by atoms with Crippen molar-refractivity contribution < 1.29 is 19.8 Å². The summed E-state index contributed by atoms with van der Waals surface area (Å²) < 4.78 is 0. The summed E-state index contributed by atoms with van der Waals surface area (Å²) in [6, 6.07) is 14.0. The maximum Gasteiger partial charge on any atom is 0.409 e. The number of aliphatic hydroxyl groups is 1. The molecular formula is C25H31N3O4. The number of β-amino-alcohol motifs (C(OH)–C–C–N with tert-alkyl or cyclic N) is 1. The third-order valence-electron chi connectivity index (χ3n) is 5.29. The van der Waals surface area contributed by atoms with Crippen LogP contribution in [0.4, 0.5) is 16.2 Å². The van der Waals surface area contributed by atoms with E-state index >= 15 is 0 Å². The molecule has 3 rings (SSSR count). The number of hydrogen-bond acceptors (Lipinski definition) is 4. The summed E-state index contributed by atoms with van der Waals surface area (Å²) >= 11 is 0. The number of nitrogens with zero attached hydrogens (tertiary/aromatic N) is 1. The summed E-state index contributed by atoms with van der Waals surface area (Å²) in [5.41, 5.74) is 2.94. The molecule has 2 aromatic rings. The van der Waals surface area contributed by atoms with E-state index in [0.717, 1.165) is 37.9 Å². The number of benzene rings is 2. The molecule has 4 N–H and O–H groups in total. The van der Waals surface area contributed by atoms with E-state index in [1.807, 2.05) is 26.0 Å². The molecule has 2 amide bonds. The first kappa shape index (κ1) is 23.5. The lowest BCUT2D eigenvalue weighted by Gasteiger charge is -2.27. The predicted octanol–water partition coefficient (Wildman–Crippen LogP) is 4.67. The van der Waals surface area contributed by atoms with Gasteiger partial charge in [-0.25, -0.2) is 4.79 Å². The van der Waals surface area contributed by atoms with Crippen molar-refractivity contribution in [3.63, 3.8) is 0 Å². The number of amides is 2. The van der Waals surface area contributed by atoms with Gasteiger partial charge >= 0.3 is 6.09 Å². The number of likely N-dealkylation sites (tertiary alicyclic amines) is 1. The molecule has 0 aromatic heterocycles. The van der Waals surface area contributed by atoms with Crippen molar-refractivity contribution in [2.24, 2.45) is 0 Å². The molecule has 1 heterocycles. The van der Waals surface area contributed by atoms with Crippen molar-refractivity contribution in [1.82, 2.24) is 4.90 Å². The molecule has 0 unspecified atom stereocenters. The van der Waals surface area contributed by atoms with Crippen LogP contribution in [0, 0.1) is 0 Å². The normalized spacial score (nSPS) is 16.4. The Bertz CT molecular complexity index is 977. The lowest BCUT2D eigenvalue weighted by Crippen LogP contribution is -2.39. The second-order valence-electron chi connectivity index (χ2n) is 8.80. The minimum atomic E-state index is -1.19. The quantitative estimate of drug-likeness (QED) is 0.526. The number of carboxylic acid groups (broad SMARTS) is 1. The summed E-state index contributed by atoms with van der Waals surface area (Å²) in [6.45, 7) is 6.27. The largest absolute Gasteiger partial charge is 0.465 e. The molecule has 1 aliphatic rings. The van der Waals surface area contributed by atoms with Crippen molar-refractivity contribution in [3.8, 4) is 0 Å². The molecule has 0 aliphatic carbocycles. The molecule has 2 aromatic carbocycles. The minimum Gasteiger partial charge on any atom is -0.465 e. The lowest BCUT2D eigenvalue weighted by molar-refractivity contribution is 0.0376. The van der Waals surface area contributed by atoms with Crippen molar-refractivity contribution in [2.75, 3.05) is 30.3 Å². The average Bonchev–Trinajstić information content (AvgIpc) is 2.93. The van der Waals surface area contributed by atoms with Crippen LogP contribution < -0.4 is 10.6 Å². The number of carbonyl (C=O) groups excluding carboxylic acids is 1. The molecule has 1 fully saturated rings. The van der Waals surface area contributed by atoms with Crippen molar-refractivity contribution >= 4 is 29.5 Å². The van der Waals surface area contributed by atoms with Crippen LogP contribution in [0.5, 0.6) is 0 Å². The van der Waals surface area contributed by atoms with Gasteiger partial charge in [0.2, 0.25) is 0 Å². The molecule has 1 saturated heterocycles. The summed E-state index contributed by atoms with van der Waals surface area (Å²) in [5, 5.41) is 24.0. The van der Waals surface area contributed by atoms with Crippen LogP contribution in [0.1, 0.15) is 49.0 Å². The second kappa shape index (κ2) is 10.4. The summed E-state index contributed by atoms with van der Waals surface area (Å²) in [4.78, 5) is 25.9. The molecule has 7 nitrogen and oxygen atoms in total. The van der Waals surface area contributed by atoms with Gasteiger partial charge in [-0.3, -0.25) is 10.1 Å². The highest BCUT2D eigenvalue weighted by Gasteiger charge is 2.20. The Balaban J connectivity index is 1.63. The predicted molar refractivity (Wildman–Crippen MR) is 127 cm³/mol. The van der Waals surface area contributed by atoms with Gasteiger partial charge in [0.1, 0.15) is 0 Å². The SMILES string of the molecule is CC(C)(O)CN1CCC/C(=C\c2ccc(C(=O)Nc3ccccc3NC(=O)O)cc2)CC1. The van der Waals surface area contributed by atoms with E-state index < -0.39 is 11.7 Å². The van der Waals surface area contributed by atoms with E-state index in [9.17, 15) is 14.7 Å². The van der Waals surface area contributed by atoms with E-state index in [4.69, 9.17) is 5.11 Å². The topological polar surface area (TPSA) is 102 Å². The fourth-order valence-electron chi connectivity index (χ4n) is 3.90.